The predicted molar refractivity (Wildman–Crippen MR) is 60.2 cm³/mol. The maximum atomic E-state index is 10.2. The number of aromatic nitrogens is 4. The predicted octanol–water partition coefficient (Wildman–Crippen LogP) is 1.20. The van der Waals surface area contributed by atoms with Crippen LogP contribution in [0.4, 0.5) is 0 Å². The van der Waals surface area contributed by atoms with Gasteiger partial charge < -0.3 is 5.11 Å². The highest BCUT2D eigenvalue weighted by molar-refractivity contribution is 6.31. The van der Waals surface area contributed by atoms with Gasteiger partial charge in [0.2, 0.25) is 0 Å². The average Bonchev–Trinajstić information content (AvgIpc) is 2.70. The van der Waals surface area contributed by atoms with Crippen molar-refractivity contribution >= 4 is 11.6 Å². The van der Waals surface area contributed by atoms with Crippen molar-refractivity contribution in [3.63, 3.8) is 0 Å². The quantitative estimate of drug-likeness (QED) is 0.858. The van der Waals surface area contributed by atoms with Crippen molar-refractivity contribution in [3.8, 4) is 0 Å². The molecule has 2 rings (SSSR count). The molecular weight excluding hydrogens is 228 g/mol. The van der Waals surface area contributed by atoms with Gasteiger partial charge in [-0.2, -0.15) is 10.2 Å². The molecule has 2 aromatic rings. The molecule has 5 nitrogen and oxygen atoms in total. The Morgan fingerprint density at radius 1 is 1.44 bits per heavy atom. The summed E-state index contributed by atoms with van der Waals surface area (Å²) in [6.07, 6.45) is 2.50. The van der Waals surface area contributed by atoms with Gasteiger partial charge in [-0.3, -0.25) is 9.36 Å². The molecule has 1 unspecified atom stereocenters. The summed E-state index contributed by atoms with van der Waals surface area (Å²) in [6, 6.07) is 0. The first-order chi connectivity index (χ1) is 7.50. The van der Waals surface area contributed by atoms with E-state index in [1.165, 1.54) is 6.20 Å². The molecule has 16 heavy (non-hydrogen) atoms. The lowest BCUT2D eigenvalue weighted by Gasteiger charge is -2.10. The van der Waals surface area contributed by atoms with Crippen LogP contribution < -0.4 is 0 Å². The van der Waals surface area contributed by atoms with Gasteiger partial charge in [0.15, 0.2) is 0 Å². The topological polar surface area (TPSA) is 55.9 Å². The highest BCUT2D eigenvalue weighted by atomic mass is 35.5. The molecule has 0 saturated carbocycles. The zero-order chi connectivity index (χ0) is 11.9. The monoisotopic (exact) mass is 240 g/mol. The zero-order valence-electron chi connectivity index (χ0n) is 9.35. The highest BCUT2D eigenvalue weighted by Crippen LogP contribution is 2.28. The van der Waals surface area contributed by atoms with Crippen LogP contribution in [-0.4, -0.2) is 24.7 Å². The van der Waals surface area contributed by atoms with Crippen LogP contribution in [0, 0.1) is 6.92 Å². The fourth-order valence-corrected chi connectivity index (χ4v) is 2.03. The SMILES string of the molecule is Cc1nn(C)cc1C(O)c1c(Cl)cnn1C. The minimum Gasteiger partial charge on any atom is -0.382 e. The summed E-state index contributed by atoms with van der Waals surface area (Å²) in [5.74, 6) is 0. The molecule has 6 heteroatoms. The van der Waals surface area contributed by atoms with Gasteiger partial charge in [-0.05, 0) is 6.92 Å². The Balaban J connectivity index is 2.46. The standard InChI is InChI=1S/C10H13ClN4O/c1-6-7(5-14(2)13-6)10(16)9-8(11)4-12-15(9)3/h4-5,10,16H,1-3H3. The Morgan fingerprint density at radius 2 is 2.12 bits per heavy atom. The van der Waals surface area contributed by atoms with Crippen LogP contribution in [0.5, 0.6) is 0 Å². The lowest BCUT2D eigenvalue weighted by Crippen LogP contribution is -2.07. The molecule has 2 heterocycles. The molecule has 0 saturated heterocycles. The van der Waals surface area contributed by atoms with Crippen LogP contribution in [0.15, 0.2) is 12.4 Å². The fraction of sp³-hybridized carbons (Fsp3) is 0.400. The third-order valence-corrected chi connectivity index (χ3v) is 2.83. The fourth-order valence-electron chi connectivity index (χ4n) is 1.76. The van der Waals surface area contributed by atoms with E-state index in [2.05, 4.69) is 10.2 Å². The number of aliphatic hydroxyl groups excluding tert-OH is 1. The van der Waals surface area contributed by atoms with Gasteiger partial charge in [0, 0.05) is 25.9 Å². The Kier molecular flexibility index (Phi) is 2.73. The van der Waals surface area contributed by atoms with Crippen LogP contribution in [0.3, 0.4) is 0 Å². The van der Waals surface area contributed by atoms with E-state index < -0.39 is 6.10 Å². The van der Waals surface area contributed by atoms with Gasteiger partial charge in [0.1, 0.15) is 6.10 Å². The summed E-state index contributed by atoms with van der Waals surface area (Å²) in [4.78, 5) is 0. The number of aliphatic hydroxyl groups is 1. The van der Waals surface area contributed by atoms with E-state index >= 15 is 0 Å². The molecule has 0 aliphatic heterocycles. The van der Waals surface area contributed by atoms with Crippen LogP contribution in [0.25, 0.3) is 0 Å². The van der Waals surface area contributed by atoms with Gasteiger partial charge in [0.05, 0.1) is 22.6 Å². The molecule has 0 amide bonds. The summed E-state index contributed by atoms with van der Waals surface area (Å²) in [5.41, 5.74) is 2.11. The normalized spacial score (nSPS) is 13.1. The first kappa shape index (κ1) is 11.2. The Labute approximate surface area is 98.3 Å². The first-order valence-corrected chi connectivity index (χ1v) is 5.24. The lowest BCUT2D eigenvalue weighted by atomic mass is 10.1. The van der Waals surface area contributed by atoms with Crippen molar-refractivity contribution in [2.24, 2.45) is 14.1 Å². The van der Waals surface area contributed by atoms with Crippen molar-refractivity contribution in [1.82, 2.24) is 19.6 Å². The number of aryl methyl sites for hydroxylation is 3. The van der Waals surface area contributed by atoms with E-state index in [1.54, 1.807) is 22.6 Å². The summed E-state index contributed by atoms with van der Waals surface area (Å²) < 4.78 is 3.23. The second-order valence-electron chi connectivity index (χ2n) is 3.75. The molecule has 2 aromatic heterocycles. The molecule has 0 radical (unpaired) electrons. The molecule has 0 spiro atoms. The minimum absolute atomic E-state index is 0.457. The van der Waals surface area contributed by atoms with Gasteiger partial charge in [0.25, 0.3) is 0 Å². The van der Waals surface area contributed by atoms with Crippen molar-refractivity contribution in [2.45, 2.75) is 13.0 Å². The lowest BCUT2D eigenvalue weighted by molar-refractivity contribution is 0.209. The van der Waals surface area contributed by atoms with E-state index in [1.807, 2.05) is 14.0 Å². The van der Waals surface area contributed by atoms with Gasteiger partial charge in [-0.25, -0.2) is 0 Å². The molecule has 1 N–H and O–H groups in total. The molecule has 0 fully saturated rings. The largest absolute Gasteiger partial charge is 0.382 e. The Bertz CT molecular complexity index is 497. The van der Waals surface area contributed by atoms with Crippen LogP contribution in [-0.2, 0) is 14.1 Å². The maximum Gasteiger partial charge on any atom is 0.125 e. The van der Waals surface area contributed by atoms with E-state index in [0.29, 0.717) is 10.7 Å². The molecule has 1 atom stereocenters. The van der Waals surface area contributed by atoms with E-state index in [4.69, 9.17) is 11.6 Å². The van der Waals surface area contributed by atoms with E-state index in [0.717, 1.165) is 11.3 Å². The summed E-state index contributed by atoms with van der Waals surface area (Å²) in [5, 5.41) is 18.9. The average molecular weight is 241 g/mol. The van der Waals surface area contributed by atoms with Crippen LogP contribution in [0.2, 0.25) is 5.02 Å². The molecule has 0 aromatic carbocycles. The smallest absolute Gasteiger partial charge is 0.125 e. The Morgan fingerprint density at radius 3 is 2.56 bits per heavy atom. The first-order valence-electron chi connectivity index (χ1n) is 4.86. The van der Waals surface area contributed by atoms with Gasteiger partial charge in [-0.1, -0.05) is 11.6 Å². The van der Waals surface area contributed by atoms with Crippen molar-refractivity contribution in [1.29, 1.82) is 0 Å². The number of halogens is 1. The highest BCUT2D eigenvalue weighted by Gasteiger charge is 2.21. The summed E-state index contributed by atoms with van der Waals surface area (Å²) >= 11 is 5.98. The van der Waals surface area contributed by atoms with Gasteiger partial charge in [-0.15, -0.1) is 0 Å². The second-order valence-corrected chi connectivity index (χ2v) is 4.15. The van der Waals surface area contributed by atoms with Crippen molar-refractivity contribution in [3.05, 3.63) is 34.4 Å². The maximum absolute atomic E-state index is 10.2. The Hall–Kier alpha value is -1.33. The van der Waals surface area contributed by atoms with Crippen molar-refractivity contribution < 1.29 is 5.11 Å². The molecule has 0 aliphatic rings. The van der Waals surface area contributed by atoms with Crippen molar-refractivity contribution in [2.75, 3.05) is 0 Å². The second kappa shape index (κ2) is 3.92. The molecule has 0 bridgehead atoms. The molecule has 86 valence electrons. The summed E-state index contributed by atoms with van der Waals surface area (Å²) in [6.45, 7) is 1.85. The minimum atomic E-state index is -0.798. The zero-order valence-corrected chi connectivity index (χ0v) is 10.1. The van der Waals surface area contributed by atoms with Gasteiger partial charge >= 0.3 is 0 Å². The third-order valence-electron chi connectivity index (χ3n) is 2.54. The third kappa shape index (κ3) is 1.72. The number of hydrogen-bond acceptors (Lipinski definition) is 3. The number of hydrogen-bond donors (Lipinski definition) is 1. The summed E-state index contributed by atoms with van der Waals surface area (Å²) in [7, 11) is 3.56. The van der Waals surface area contributed by atoms with Crippen LogP contribution >= 0.6 is 11.6 Å². The van der Waals surface area contributed by atoms with E-state index in [9.17, 15) is 5.11 Å². The number of nitrogens with zero attached hydrogens (tertiary/aromatic N) is 4. The van der Waals surface area contributed by atoms with Crippen LogP contribution in [0.1, 0.15) is 23.1 Å². The molecule has 0 aliphatic carbocycles. The number of rotatable bonds is 2. The van der Waals surface area contributed by atoms with E-state index in [-0.39, 0.29) is 0 Å². The molecular formula is C10H13ClN4O.